The van der Waals surface area contributed by atoms with Gasteiger partial charge in [0.05, 0.1) is 18.2 Å². The van der Waals surface area contributed by atoms with Gasteiger partial charge in [-0.3, -0.25) is 0 Å². The van der Waals surface area contributed by atoms with Gasteiger partial charge in [-0.1, -0.05) is 52.5 Å². The van der Waals surface area contributed by atoms with Gasteiger partial charge in [0.1, 0.15) is 0 Å². The first kappa shape index (κ1) is 12.2. The summed E-state index contributed by atoms with van der Waals surface area (Å²) in [5.41, 5.74) is 0. The normalized spacial score (nSPS) is 6.92. The summed E-state index contributed by atoms with van der Waals surface area (Å²) in [6.45, 7) is 2.12. The summed E-state index contributed by atoms with van der Waals surface area (Å²) in [6.07, 6.45) is 3.43. The number of halogens is 1. The van der Waals surface area contributed by atoms with Gasteiger partial charge in [-0.25, -0.2) is 0 Å². The smallest absolute Gasteiger partial charge is 0.0703 e. The number of hydrogen-bond acceptors (Lipinski definition) is 0. The molecule has 0 unspecified atom stereocenters. The molecule has 0 aromatic heterocycles. The third kappa shape index (κ3) is 11.2. The topological polar surface area (TPSA) is 0 Å². The van der Waals surface area contributed by atoms with E-state index in [0.717, 1.165) is 18.2 Å². The van der Waals surface area contributed by atoms with Gasteiger partial charge in [0, 0.05) is 6.42 Å². The molecule has 0 aliphatic carbocycles. The molecule has 0 spiro atoms. The first-order valence-corrected chi connectivity index (χ1v) is 5.47. The van der Waals surface area contributed by atoms with Gasteiger partial charge in [-0.15, -0.1) is 5.92 Å². The minimum Gasteiger partial charge on any atom is -0.102 e. The number of hydrogen-bond donors (Lipinski definition) is 0. The molecule has 0 aliphatic heterocycles. The Labute approximate surface area is 89.6 Å². The minimum atomic E-state index is 0.654. The molecule has 0 radical (unpaired) electrons. The standard InChI is InChI=1S/C12H13Br/c1-2-3-4-5-6-7-8-9-10-11-12-13/h2-3,6,9,12H2,1H3. The second-order valence-corrected chi connectivity index (χ2v) is 2.86. The van der Waals surface area contributed by atoms with E-state index in [1.807, 2.05) is 0 Å². The van der Waals surface area contributed by atoms with Crippen molar-refractivity contribution in [1.82, 2.24) is 0 Å². The van der Waals surface area contributed by atoms with Crippen LogP contribution >= 0.6 is 15.9 Å². The maximum atomic E-state index is 3.22. The van der Waals surface area contributed by atoms with Crippen LogP contribution in [-0.4, -0.2) is 5.33 Å². The van der Waals surface area contributed by atoms with Crippen LogP contribution in [0.25, 0.3) is 0 Å². The van der Waals surface area contributed by atoms with Crippen LogP contribution in [0.1, 0.15) is 32.6 Å². The van der Waals surface area contributed by atoms with Crippen molar-refractivity contribution in [2.45, 2.75) is 32.6 Å². The Morgan fingerprint density at radius 2 is 1.38 bits per heavy atom. The summed E-state index contributed by atoms with van der Waals surface area (Å²) in [7, 11) is 0. The summed E-state index contributed by atoms with van der Waals surface area (Å²) in [6, 6.07) is 0. The molecule has 0 aromatic carbocycles. The zero-order chi connectivity index (χ0) is 9.78. The third-order valence-corrected chi connectivity index (χ3v) is 1.45. The first-order chi connectivity index (χ1) is 6.41. The molecule has 1 heteroatoms. The van der Waals surface area contributed by atoms with Crippen molar-refractivity contribution in [3.63, 3.8) is 0 Å². The Bertz CT molecular complexity index is 282. The van der Waals surface area contributed by atoms with Gasteiger partial charge >= 0.3 is 0 Å². The van der Waals surface area contributed by atoms with Gasteiger partial charge in [0.15, 0.2) is 0 Å². The lowest BCUT2D eigenvalue weighted by molar-refractivity contribution is 0.982. The molecule has 0 bridgehead atoms. The maximum absolute atomic E-state index is 3.22. The van der Waals surface area contributed by atoms with Crippen molar-refractivity contribution in [3.8, 4) is 35.5 Å². The van der Waals surface area contributed by atoms with Gasteiger partial charge in [-0.05, 0) is 6.42 Å². The molecule has 0 saturated heterocycles. The molecule has 0 fully saturated rings. The predicted octanol–water partition coefficient (Wildman–Crippen LogP) is 2.97. The summed E-state index contributed by atoms with van der Waals surface area (Å²) < 4.78 is 0. The van der Waals surface area contributed by atoms with Crippen LogP contribution in [0.4, 0.5) is 0 Å². The molecule has 0 nitrogen and oxygen atoms in total. The van der Waals surface area contributed by atoms with Crippen LogP contribution in [0.15, 0.2) is 0 Å². The molecule has 0 saturated carbocycles. The van der Waals surface area contributed by atoms with Crippen molar-refractivity contribution in [3.05, 3.63) is 0 Å². The number of rotatable bonds is 1. The SMILES string of the molecule is CCCC#CCC#CCC#CCBr. The number of unbranched alkanes of at least 4 members (excludes halogenated alkanes) is 1. The molecule has 0 heterocycles. The molecule has 0 aromatic rings. The Kier molecular flexibility index (Phi) is 10.4. The Balaban J connectivity index is 3.47. The van der Waals surface area contributed by atoms with Crippen molar-refractivity contribution < 1.29 is 0 Å². The van der Waals surface area contributed by atoms with Crippen molar-refractivity contribution >= 4 is 15.9 Å². The molecule has 0 amide bonds. The fourth-order valence-corrected chi connectivity index (χ4v) is 0.797. The lowest BCUT2D eigenvalue weighted by Crippen LogP contribution is -1.65. The third-order valence-electron chi connectivity index (χ3n) is 1.17. The Hall–Kier alpha value is -0.840. The molecule has 0 N–H and O–H groups in total. The second-order valence-electron chi connectivity index (χ2n) is 2.30. The van der Waals surface area contributed by atoms with Crippen LogP contribution in [0.5, 0.6) is 0 Å². The van der Waals surface area contributed by atoms with E-state index < -0.39 is 0 Å². The average Bonchev–Trinajstić information content (AvgIpc) is 2.16. The first-order valence-electron chi connectivity index (χ1n) is 4.35. The highest BCUT2D eigenvalue weighted by atomic mass is 79.9. The average molecular weight is 237 g/mol. The minimum absolute atomic E-state index is 0.654. The van der Waals surface area contributed by atoms with E-state index >= 15 is 0 Å². The highest BCUT2D eigenvalue weighted by molar-refractivity contribution is 9.09. The molecule has 0 rings (SSSR count). The predicted molar refractivity (Wildman–Crippen MR) is 61.3 cm³/mol. The molecular formula is C12H13Br. The zero-order valence-electron chi connectivity index (χ0n) is 7.91. The number of alkyl halides is 1. The highest BCUT2D eigenvalue weighted by Crippen LogP contribution is 1.82. The fraction of sp³-hybridized carbons (Fsp3) is 0.500. The second kappa shape index (κ2) is 11.2. The van der Waals surface area contributed by atoms with Crippen molar-refractivity contribution in [2.24, 2.45) is 0 Å². The fourth-order valence-electron chi connectivity index (χ4n) is 0.599. The van der Waals surface area contributed by atoms with E-state index in [9.17, 15) is 0 Å². The summed E-state index contributed by atoms with van der Waals surface area (Å²) >= 11 is 3.22. The van der Waals surface area contributed by atoms with E-state index in [0.29, 0.717) is 12.8 Å². The summed E-state index contributed by atoms with van der Waals surface area (Å²) in [5, 5.41) is 0.727. The molecular weight excluding hydrogens is 224 g/mol. The van der Waals surface area contributed by atoms with Crippen molar-refractivity contribution in [1.29, 1.82) is 0 Å². The van der Waals surface area contributed by atoms with Crippen molar-refractivity contribution in [2.75, 3.05) is 5.33 Å². The van der Waals surface area contributed by atoms with Crippen LogP contribution < -0.4 is 0 Å². The van der Waals surface area contributed by atoms with E-state index in [1.165, 1.54) is 0 Å². The highest BCUT2D eigenvalue weighted by Gasteiger charge is 1.70. The van der Waals surface area contributed by atoms with Gasteiger partial charge in [0.25, 0.3) is 0 Å². The van der Waals surface area contributed by atoms with E-state index in [1.54, 1.807) is 0 Å². The monoisotopic (exact) mass is 236 g/mol. The van der Waals surface area contributed by atoms with Crippen LogP contribution in [-0.2, 0) is 0 Å². The molecule has 13 heavy (non-hydrogen) atoms. The Morgan fingerprint density at radius 1 is 0.846 bits per heavy atom. The lowest BCUT2D eigenvalue weighted by Gasteiger charge is -1.76. The van der Waals surface area contributed by atoms with E-state index in [4.69, 9.17) is 0 Å². The van der Waals surface area contributed by atoms with Crippen LogP contribution in [0.3, 0.4) is 0 Å². The van der Waals surface area contributed by atoms with Gasteiger partial charge in [0.2, 0.25) is 0 Å². The van der Waals surface area contributed by atoms with E-state index in [-0.39, 0.29) is 0 Å². The van der Waals surface area contributed by atoms with Crippen LogP contribution in [0, 0.1) is 35.5 Å². The van der Waals surface area contributed by atoms with E-state index in [2.05, 4.69) is 58.4 Å². The maximum Gasteiger partial charge on any atom is 0.0703 e. The largest absolute Gasteiger partial charge is 0.102 e. The molecule has 0 aliphatic rings. The van der Waals surface area contributed by atoms with Crippen LogP contribution in [0.2, 0.25) is 0 Å². The molecule has 0 atom stereocenters. The lowest BCUT2D eigenvalue weighted by atomic mass is 10.3. The zero-order valence-corrected chi connectivity index (χ0v) is 9.50. The van der Waals surface area contributed by atoms with Gasteiger partial charge < -0.3 is 0 Å². The summed E-state index contributed by atoms with van der Waals surface area (Å²) in [4.78, 5) is 0. The summed E-state index contributed by atoms with van der Waals surface area (Å²) in [5.74, 6) is 17.8. The van der Waals surface area contributed by atoms with Gasteiger partial charge in [-0.2, -0.15) is 0 Å². The Morgan fingerprint density at radius 3 is 1.92 bits per heavy atom. The quantitative estimate of drug-likeness (QED) is 0.486. The molecule has 68 valence electrons.